The van der Waals surface area contributed by atoms with E-state index in [-0.39, 0.29) is 0 Å². The van der Waals surface area contributed by atoms with E-state index in [4.69, 9.17) is 9.47 Å². The minimum atomic E-state index is 0.692. The van der Waals surface area contributed by atoms with Gasteiger partial charge in [0.2, 0.25) is 0 Å². The van der Waals surface area contributed by atoms with Gasteiger partial charge in [-0.2, -0.15) is 0 Å². The fraction of sp³-hybridized carbons (Fsp3) is 0.333. The van der Waals surface area contributed by atoms with E-state index in [0.717, 1.165) is 23.6 Å². The average molecular weight is 283 g/mol. The maximum atomic E-state index is 5.53. The highest BCUT2D eigenvalue weighted by Gasteiger charge is 2.21. The van der Waals surface area contributed by atoms with Gasteiger partial charge in [-0.3, -0.25) is 0 Å². The van der Waals surface area contributed by atoms with Gasteiger partial charge in [0.1, 0.15) is 11.5 Å². The van der Waals surface area contributed by atoms with Crippen molar-refractivity contribution in [2.45, 2.75) is 25.4 Å². The van der Waals surface area contributed by atoms with Crippen LogP contribution >= 0.6 is 0 Å². The second kappa shape index (κ2) is 6.19. The van der Waals surface area contributed by atoms with E-state index in [9.17, 15) is 0 Å². The number of rotatable bonds is 6. The van der Waals surface area contributed by atoms with Gasteiger partial charge in [-0.1, -0.05) is 30.3 Å². The van der Waals surface area contributed by atoms with Crippen molar-refractivity contribution in [1.82, 2.24) is 5.32 Å². The quantitative estimate of drug-likeness (QED) is 0.878. The molecule has 0 bridgehead atoms. The maximum Gasteiger partial charge on any atom is 0.130 e. The van der Waals surface area contributed by atoms with Gasteiger partial charge in [0.15, 0.2) is 0 Å². The number of benzene rings is 2. The summed E-state index contributed by atoms with van der Waals surface area (Å²) in [7, 11) is 3.40. The predicted octanol–water partition coefficient (Wildman–Crippen LogP) is 3.62. The minimum Gasteiger partial charge on any atom is -0.496 e. The van der Waals surface area contributed by atoms with Crippen molar-refractivity contribution >= 4 is 0 Å². The number of methoxy groups -OCH3 is 2. The smallest absolute Gasteiger partial charge is 0.130 e. The van der Waals surface area contributed by atoms with Crippen LogP contribution in [0.1, 0.15) is 18.4 Å². The van der Waals surface area contributed by atoms with Gasteiger partial charge >= 0.3 is 0 Å². The van der Waals surface area contributed by atoms with Crippen LogP contribution in [0.4, 0.5) is 0 Å². The summed E-state index contributed by atoms with van der Waals surface area (Å²) in [6.45, 7) is 0.877. The Bertz CT molecular complexity index is 598. The Morgan fingerprint density at radius 3 is 2.24 bits per heavy atom. The summed E-state index contributed by atoms with van der Waals surface area (Å²) in [5, 5.41) is 3.58. The molecule has 0 atom stereocenters. The molecule has 21 heavy (non-hydrogen) atoms. The standard InChI is InChI=1S/C18H21NO2/c1-20-16-8-5-9-17(21-2)18(16)15-7-4-3-6-13(15)12-19-14-10-11-14/h3-9,14,19H,10-12H2,1-2H3. The van der Waals surface area contributed by atoms with Gasteiger partial charge in [-0.15, -0.1) is 0 Å². The van der Waals surface area contributed by atoms with E-state index in [1.165, 1.54) is 24.0 Å². The molecule has 3 rings (SSSR count). The van der Waals surface area contributed by atoms with Crippen LogP contribution in [0.2, 0.25) is 0 Å². The second-order valence-corrected chi connectivity index (χ2v) is 5.35. The summed E-state index contributed by atoms with van der Waals surface area (Å²) in [5.74, 6) is 1.68. The maximum absolute atomic E-state index is 5.53. The molecule has 2 aromatic carbocycles. The Morgan fingerprint density at radius 2 is 1.62 bits per heavy atom. The van der Waals surface area contributed by atoms with Crippen molar-refractivity contribution in [2.75, 3.05) is 14.2 Å². The molecule has 1 N–H and O–H groups in total. The van der Waals surface area contributed by atoms with Crippen LogP contribution in [0.5, 0.6) is 11.5 Å². The van der Waals surface area contributed by atoms with Crippen molar-refractivity contribution in [1.29, 1.82) is 0 Å². The zero-order valence-electron chi connectivity index (χ0n) is 12.6. The van der Waals surface area contributed by atoms with E-state index in [1.807, 2.05) is 18.2 Å². The van der Waals surface area contributed by atoms with Crippen molar-refractivity contribution in [3.63, 3.8) is 0 Å². The molecule has 2 aromatic rings. The van der Waals surface area contributed by atoms with Crippen LogP contribution in [0.25, 0.3) is 11.1 Å². The molecule has 1 aliphatic carbocycles. The molecule has 0 unspecified atom stereocenters. The third-order valence-electron chi connectivity index (χ3n) is 3.87. The second-order valence-electron chi connectivity index (χ2n) is 5.35. The Labute approximate surface area is 125 Å². The first kappa shape index (κ1) is 14.0. The van der Waals surface area contributed by atoms with E-state index < -0.39 is 0 Å². The molecule has 0 spiro atoms. The third kappa shape index (κ3) is 3.03. The Hall–Kier alpha value is -2.00. The lowest BCUT2D eigenvalue weighted by molar-refractivity contribution is 0.397. The summed E-state index contributed by atoms with van der Waals surface area (Å²) >= 11 is 0. The lowest BCUT2D eigenvalue weighted by Gasteiger charge is -2.16. The molecular formula is C18H21NO2. The summed E-state index contributed by atoms with van der Waals surface area (Å²) in [5.41, 5.74) is 3.46. The highest BCUT2D eigenvalue weighted by molar-refractivity contribution is 5.79. The number of hydrogen-bond donors (Lipinski definition) is 1. The van der Waals surface area contributed by atoms with E-state index in [2.05, 4.69) is 29.6 Å². The molecule has 110 valence electrons. The van der Waals surface area contributed by atoms with Crippen LogP contribution in [0.15, 0.2) is 42.5 Å². The van der Waals surface area contributed by atoms with Crippen molar-refractivity contribution in [3.05, 3.63) is 48.0 Å². The molecule has 0 radical (unpaired) electrons. The summed E-state index contributed by atoms with van der Waals surface area (Å²) in [6, 6.07) is 15.0. The third-order valence-corrected chi connectivity index (χ3v) is 3.87. The largest absolute Gasteiger partial charge is 0.496 e. The number of ether oxygens (including phenoxy) is 2. The van der Waals surface area contributed by atoms with Crippen LogP contribution in [-0.4, -0.2) is 20.3 Å². The van der Waals surface area contributed by atoms with Crippen molar-refractivity contribution < 1.29 is 9.47 Å². The van der Waals surface area contributed by atoms with Crippen LogP contribution in [-0.2, 0) is 6.54 Å². The average Bonchev–Trinajstić information content (AvgIpc) is 3.36. The normalized spacial score (nSPS) is 14.0. The first-order valence-electron chi connectivity index (χ1n) is 7.36. The monoisotopic (exact) mass is 283 g/mol. The van der Waals surface area contributed by atoms with Gasteiger partial charge in [0, 0.05) is 12.6 Å². The fourth-order valence-corrected chi connectivity index (χ4v) is 2.58. The molecule has 0 aliphatic heterocycles. The van der Waals surface area contributed by atoms with Crippen molar-refractivity contribution in [2.24, 2.45) is 0 Å². The Balaban J connectivity index is 2.02. The highest BCUT2D eigenvalue weighted by atomic mass is 16.5. The van der Waals surface area contributed by atoms with E-state index >= 15 is 0 Å². The Kier molecular flexibility index (Phi) is 4.11. The molecule has 3 nitrogen and oxygen atoms in total. The highest BCUT2D eigenvalue weighted by Crippen LogP contribution is 2.39. The van der Waals surface area contributed by atoms with Crippen LogP contribution in [0, 0.1) is 0 Å². The molecule has 1 fully saturated rings. The minimum absolute atomic E-state index is 0.692. The van der Waals surface area contributed by atoms with Crippen LogP contribution in [0.3, 0.4) is 0 Å². The van der Waals surface area contributed by atoms with E-state index in [1.54, 1.807) is 14.2 Å². The first-order chi connectivity index (χ1) is 10.3. The summed E-state index contributed by atoms with van der Waals surface area (Å²) in [6.07, 6.45) is 2.58. The number of hydrogen-bond acceptors (Lipinski definition) is 3. The van der Waals surface area contributed by atoms with Gasteiger partial charge < -0.3 is 14.8 Å². The van der Waals surface area contributed by atoms with Gasteiger partial charge in [-0.25, -0.2) is 0 Å². The Morgan fingerprint density at radius 1 is 0.952 bits per heavy atom. The topological polar surface area (TPSA) is 30.5 Å². The van der Waals surface area contributed by atoms with Crippen LogP contribution < -0.4 is 14.8 Å². The zero-order valence-corrected chi connectivity index (χ0v) is 12.6. The molecule has 0 aromatic heterocycles. The van der Waals surface area contributed by atoms with E-state index in [0.29, 0.717) is 6.04 Å². The molecule has 1 aliphatic rings. The molecule has 0 saturated heterocycles. The van der Waals surface area contributed by atoms with Gasteiger partial charge in [0.25, 0.3) is 0 Å². The molecule has 3 heteroatoms. The summed E-state index contributed by atoms with van der Waals surface area (Å²) in [4.78, 5) is 0. The summed E-state index contributed by atoms with van der Waals surface area (Å²) < 4.78 is 11.1. The SMILES string of the molecule is COc1cccc(OC)c1-c1ccccc1CNC1CC1. The van der Waals surface area contributed by atoms with Gasteiger partial charge in [0.05, 0.1) is 19.8 Å². The zero-order chi connectivity index (χ0) is 14.7. The van der Waals surface area contributed by atoms with Crippen molar-refractivity contribution in [3.8, 4) is 22.6 Å². The lowest BCUT2D eigenvalue weighted by Crippen LogP contribution is -2.15. The molecular weight excluding hydrogens is 262 g/mol. The molecule has 1 saturated carbocycles. The molecule has 0 heterocycles. The lowest BCUT2D eigenvalue weighted by atomic mass is 9.97. The molecule has 0 amide bonds. The predicted molar refractivity (Wildman–Crippen MR) is 84.8 cm³/mol. The number of nitrogens with one attached hydrogen (secondary N) is 1. The van der Waals surface area contributed by atoms with Gasteiger partial charge in [-0.05, 0) is 36.1 Å². The fourth-order valence-electron chi connectivity index (χ4n) is 2.58. The first-order valence-corrected chi connectivity index (χ1v) is 7.36.